The van der Waals surface area contributed by atoms with Crippen LogP contribution in [0.25, 0.3) is 0 Å². The van der Waals surface area contributed by atoms with Crippen LogP contribution in [-0.4, -0.2) is 54.9 Å². The van der Waals surface area contributed by atoms with Crippen LogP contribution in [0.15, 0.2) is 23.1 Å². The highest BCUT2D eigenvalue weighted by molar-refractivity contribution is 8.00. The molecule has 0 unspecified atom stereocenters. The molecule has 1 aromatic rings. The van der Waals surface area contributed by atoms with E-state index >= 15 is 0 Å². The summed E-state index contributed by atoms with van der Waals surface area (Å²) in [5.74, 6) is 0.338. The Kier molecular flexibility index (Phi) is 10.0. The lowest BCUT2D eigenvalue weighted by Gasteiger charge is -2.41. The van der Waals surface area contributed by atoms with E-state index in [9.17, 15) is 18.3 Å². The Labute approximate surface area is 174 Å². The fourth-order valence-corrected chi connectivity index (χ4v) is 4.30. The third kappa shape index (κ3) is 6.87. The number of alkyl halides is 3. The fourth-order valence-electron chi connectivity index (χ4n) is 3.71. The molecule has 4 nitrogen and oxygen atoms in total. The van der Waals surface area contributed by atoms with Gasteiger partial charge >= 0.3 is 5.51 Å². The largest absolute Gasteiger partial charge is 0.508 e. The van der Waals surface area contributed by atoms with Crippen LogP contribution in [0.5, 0.6) is 5.75 Å². The van der Waals surface area contributed by atoms with Crippen LogP contribution in [0, 0.1) is 5.92 Å². The van der Waals surface area contributed by atoms with E-state index in [0.29, 0.717) is 18.8 Å². The average molecular weight is 449 g/mol. The van der Waals surface area contributed by atoms with Crippen molar-refractivity contribution >= 4 is 36.6 Å². The molecule has 3 rings (SSSR count). The van der Waals surface area contributed by atoms with E-state index in [2.05, 4.69) is 10.2 Å². The van der Waals surface area contributed by atoms with E-state index in [-0.39, 0.29) is 59.2 Å². The first kappa shape index (κ1) is 24.7. The van der Waals surface area contributed by atoms with Gasteiger partial charge in [0.2, 0.25) is 0 Å². The second-order valence-electron chi connectivity index (χ2n) is 6.45. The van der Waals surface area contributed by atoms with Crippen molar-refractivity contribution in [3.63, 3.8) is 0 Å². The first-order chi connectivity index (χ1) is 11.9. The van der Waals surface area contributed by atoms with E-state index in [0.717, 1.165) is 39.0 Å². The predicted molar refractivity (Wildman–Crippen MR) is 105 cm³/mol. The summed E-state index contributed by atoms with van der Waals surface area (Å²) in [5.41, 5.74) is -3.74. The molecular formula is C17H25Cl2F3N2O2S. The molecule has 2 aliphatic rings. The summed E-state index contributed by atoms with van der Waals surface area (Å²) >= 11 is -0.132. The molecule has 0 bridgehead atoms. The number of nitrogens with one attached hydrogen (secondary N) is 1. The Morgan fingerprint density at radius 1 is 1.15 bits per heavy atom. The van der Waals surface area contributed by atoms with Crippen molar-refractivity contribution in [2.45, 2.75) is 29.3 Å². The van der Waals surface area contributed by atoms with Crippen LogP contribution < -0.4 is 5.32 Å². The highest BCUT2D eigenvalue weighted by Crippen LogP contribution is 2.43. The molecule has 2 N–H and O–H groups in total. The van der Waals surface area contributed by atoms with E-state index < -0.39 is 5.51 Å². The number of hydrogen-bond donors (Lipinski definition) is 2. The van der Waals surface area contributed by atoms with Gasteiger partial charge in [0.25, 0.3) is 0 Å². The van der Waals surface area contributed by atoms with Crippen molar-refractivity contribution in [1.82, 2.24) is 10.2 Å². The first-order valence-corrected chi connectivity index (χ1v) is 9.37. The van der Waals surface area contributed by atoms with Crippen LogP contribution in [0.3, 0.4) is 0 Å². The van der Waals surface area contributed by atoms with Crippen molar-refractivity contribution in [1.29, 1.82) is 0 Å². The molecule has 2 aliphatic heterocycles. The minimum atomic E-state index is -4.34. The summed E-state index contributed by atoms with van der Waals surface area (Å²) in [6, 6.07) is 4.14. The van der Waals surface area contributed by atoms with Gasteiger partial charge in [0, 0.05) is 55.9 Å². The average Bonchev–Trinajstić information content (AvgIpc) is 2.59. The molecule has 2 heterocycles. The molecule has 156 valence electrons. The maximum Gasteiger partial charge on any atom is 0.446 e. The third-order valence-electron chi connectivity index (χ3n) is 4.81. The van der Waals surface area contributed by atoms with Gasteiger partial charge in [-0.3, -0.25) is 4.90 Å². The quantitative estimate of drug-likeness (QED) is 0.675. The molecule has 0 saturated carbocycles. The molecule has 27 heavy (non-hydrogen) atoms. The van der Waals surface area contributed by atoms with E-state index in [1.807, 2.05) is 0 Å². The number of phenols is 1. The summed E-state index contributed by atoms with van der Waals surface area (Å²) in [5, 5.41) is 13.7. The van der Waals surface area contributed by atoms with Gasteiger partial charge in [0.1, 0.15) is 5.75 Å². The van der Waals surface area contributed by atoms with E-state index in [1.54, 1.807) is 0 Å². The van der Waals surface area contributed by atoms with Crippen molar-refractivity contribution in [3.05, 3.63) is 23.8 Å². The van der Waals surface area contributed by atoms with Gasteiger partial charge < -0.3 is 15.2 Å². The van der Waals surface area contributed by atoms with Crippen LogP contribution in [-0.2, 0) is 4.74 Å². The molecule has 10 heteroatoms. The maximum absolute atomic E-state index is 12.7. The highest BCUT2D eigenvalue weighted by Gasteiger charge is 2.34. The molecular weight excluding hydrogens is 424 g/mol. The summed E-state index contributed by atoms with van der Waals surface area (Å²) in [6.07, 6.45) is 1.70. The predicted octanol–water partition coefficient (Wildman–Crippen LogP) is 4.22. The standard InChI is InChI=1S/C17H23F3N2O2S.2ClH/c18-17(19,20)25-13-1-2-15(23)14(11-13)16(12-3-9-24-10-4-12)22-7-5-21-6-8-22;;/h1-2,11-12,16,21,23H,3-10H2;2*1H/t16-;;/m0../s1. The number of thioether (sulfide) groups is 1. The Hall–Kier alpha value is -0.380. The lowest BCUT2D eigenvalue weighted by Crippen LogP contribution is -2.47. The zero-order valence-corrected chi connectivity index (χ0v) is 17.2. The smallest absolute Gasteiger partial charge is 0.446 e. The lowest BCUT2D eigenvalue weighted by atomic mass is 9.85. The van der Waals surface area contributed by atoms with Crippen LogP contribution in [0.2, 0.25) is 0 Å². The van der Waals surface area contributed by atoms with Crippen LogP contribution in [0.4, 0.5) is 13.2 Å². The Bertz CT molecular complexity index is 566. The van der Waals surface area contributed by atoms with Gasteiger partial charge in [0.15, 0.2) is 0 Å². The monoisotopic (exact) mass is 448 g/mol. The molecule has 2 saturated heterocycles. The Balaban J connectivity index is 0.00000182. The minimum absolute atomic E-state index is 0. The number of nitrogens with zero attached hydrogens (tertiary/aromatic N) is 1. The first-order valence-electron chi connectivity index (χ1n) is 8.55. The van der Waals surface area contributed by atoms with Crippen LogP contribution in [0.1, 0.15) is 24.4 Å². The highest BCUT2D eigenvalue weighted by atomic mass is 35.5. The zero-order chi connectivity index (χ0) is 17.9. The minimum Gasteiger partial charge on any atom is -0.508 e. The summed E-state index contributed by atoms with van der Waals surface area (Å²) in [7, 11) is 0. The van der Waals surface area contributed by atoms with E-state index in [1.165, 1.54) is 18.2 Å². The molecule has 0 aromatic heterocycles. The SMILES string of the molecule is Cl.Cl.Oc1ccc(SC(F)(F)F)cc1[C@H](C1CCOCC1)N1CCNCC1. The van der Waals surface area contributed by atoms with Crippen molar-refractivity contribution in [2.24, 2.45) is 5.92 Å². The fraction of sp³-hybridized carbons (Fsp3) is 0.647. The van der Waals surface area contributed by atoms with Gasteiger partial charge in [-0.15, -0.1) is 24.8 Å². The van der Waals surface area contributed by atoms with Crippen LogP contribution >= 0.6 is 36.6 Å². The number of phenolic OH excluding ortho intramolecular Hbond substituents is 1. The summed E-state index contributed by atoms with van der Waals surface area (Å²) in [6.45, 7) is 4.64. The van der Waals surface area contributed by atoms with Gasteiger partial charge in [-0.25, -0.2) is 0 Å². The lowest BCUT2D eigenvalue weighted by molar-refractivity contribution is -0.0328. The van der Waals surface area contributed by atoms with Crippen molar-refractivity contribution < 1.29 is 23.0 Å². The Morgan fingerprint density at radius 2 is 1.78 bits per heavy atom. The molecule has 1 aromatic carbocycles. The molecule has 0 aliphatic carbocycles. The van der Waals surface area contributed by atoms with Gasteiger partial charge in [0.05, 0.1) is 0 Å². The number of hydrogen-bond acceptors (Lipinski definition) is 5. The topological polar surface area (TPSA) is 44.7 Å². The number of piperazine rings is 1. The molecule has 1 atom stereocenters. The maximum atomic E-state index is 12.7. The normalized spacial score (nSPS) is 20.4. The van der Waals surface area contributed by atoms with Crippen molar-refractivity contribution in [3.8, 4) is 5.75 Å². The second kappa shape index (κ2) is 11.0. The van der Waals surface area contributed by atoms with Crippen molar-refractivity contribution in [2.75, 3.05) is 39.4 Å². The number of aromatic hydroxyl groups is 1. The Morgan fingerprint density at radius 3 is 2.37 bits per heavy atom. The zero-order valence-electron chi connectivity index (χ0n) is 14.7. The number of rotatable bonds is 4. The van der Waals surface area contributed by atoms with Gasteiger partial charge in [-0.05, 0) is 48.7 Å². The van der Waals surface area contributed by atoms with E-state index in [4.69, 9.17) is 4.74 Å². The number of benzene rings is 1. The number of halogens is 5. The summed E-state index contributed by atoms with van der Waals surface area (Å²) in [4.78, 5) is 2.40. The van der Waals surface area contributed by atoms with Gasteiger partial charge in [-0.1, -0.05) is 0 Å². The molecule has 0 radical (unpaired) electrons. The van der Waals surface area contributed by atoms with Gasteiger partial charge in [-0.2, -0.15) is 13.2 Å². The molecule has 0 spiro atoms. The second-order valence-corrected chi connectivity index (χ2v) is 7.59. The molecule has 2 fully saturated rings. The summed E-state index contributed by atoms with van der Waals surface area (Å²) < 4.78 is 43.7. The molecule has 0 amide bonds. The third-order valence-corrected chi connectivity index (χ3v) is 5.53. The number of ether oxygens (including phenoxy) is 1.